The van der Waals surface area contributed by atoms with E-state index in [0.29, 0.717) is 30.7 Å². The average molecular weight is 308 g/mol. The van der Waals surface area contributed by atoms with E-state index in [-0.39, 0.29) is 5.75 Å². The van der Waals surface area contributed by atoms with E-state index in [9.17, 15) is 8.42 Å². The predicted molar refractivity (Wildman–Crippen MR) is 81.7 cm³/mol. The Hall–Kier alpha value is -0.470. The zero-order valence-electron chi connectivity index (χ0n) is 11.8. The van der Waals surface area contributed by atoms with E-state index in [1.54, 1.807) is 23.6 Å². The number of rotatable bonds is 4. The highest BCUT2D eigenvalue weighted by molar-refractivity contribution is 8.01. The van der Waals surface area contributed by atoms with Crippen LogP contribution < -0.4 is 11.3 Å². The lowest BCUT2D eigenvalue weighted by Crippen LogP contribution is -2.56. The van der Waals surface area contributed by atoms with Crippen LogP contribution in [-0.4, -0.2) is 55.0 Å². The minimum absolute atomic E-state index is 0.136. The second-order valence-corrected chi connectivity index (χ2v) is 8.47. The standard InChI is InChI=1S/C11H24N4O2S2/c1-4-19(16,17)10-8-18-6-5-15(10)11(14-12)13-7-9(2)3/h9-10H,4-8,12H2,1-3H3,(H,13,14). The molecule has 0 amide bonds. The Bertz CT molecular complexity index is 409. The van der Waals surface area contributed by atoms with E-state index in [1.165, 1.54) is 0 Å². The molecule has 1 aliphatic heterocycles. The summed E-state index contributed by atoms with van der Waals surface area (Å²) in [5.74, 6) is 7.99. The topological polar surface area (TPSA) is 87.8 Å². The van der Waals surface area contributed by atoms with Crippen LogP contribution >= 0.6 is 11.8 Å². The molecule has 1 heterocycles. The molecule has 0 aromatic rings. The molecule has 0 aliphatic carbocycles. The summed E-state index contributed by atoms with van der Waals surface area (Å²) >= 11 is 1.66. The zero-order valence-corrected chi connectivity index (χ0v) is 13.4. The summed E-state index contributed by atoms with van der Waals surface area (Å²) in [7, 11) is -3.14. The first-order valence-electron chi connectivity index (χ1n) is 6.49. The van der Waals surface area contributed by atoms with Gasteiger partial charge in [0.15, 0.2) is 9.84 Å². The lowest BCUT2D eigenvalue weighted by atomic mass is 10.2. The second-order valence-electron chi connectivity index (χ2n) is 4.88. The van der Waals surface area contributed by atoms with Crippen LogP contribution in [0.5, 0.6) is 0 Å². The number of sulfone groups is 1. The van der Waals surface area contributed by atoms with Crippen LogP contribution in [-0.2, 0) is 9.84 Å². The van der Waals surface area contributed by atoms with Gasteiger partial charge in [-0.05, 0) is 5.92 Å². The molecule has 1 fully saturated rings. The first-order chi connectivity index (χ1) is 8.92. The maximum Gasteiger partial charge on any atom is 0.209 e. The molecule has 0 aromatic heterocycles. The van der Waals surface area contributed by atoms with Crippen molar-refractivity contribution in [2.45, 2.75) is 26.1 Å². The van der Waals surface area contributed by atoms with Gasteiger partial charge in [-0.1, -0.05) is 20.8 Å². The molecule has 3 N–H and O–H groups in total. The molecule has 0 bridgehead atoms. The minimum Gasteiger partial charge on any atom is -0.323 e. The van der Waals surface area contributed by atoms with Crippen LogP contribution in [0.25, 0.3) is 0 Å². The number of guanidine groups is 1. The van der Waals surface area contributed by atoms with Gasteiger partial charge in [0.1, 0.15) is 5.37 Å². The second kappa shape index (κ2) is 7.35. The summed E-state index contributed by atoms with van der Waals surface area (Å²) in [4.78, 5) is 6.19. The Kier molecular flexibility index (Phi) is 6.41. The first kappa shape index (κ1) is 16.6. The summed E-state index contributed by atoms with van der Waals surface area (Å²) in [6.07, 6.45) is 0. The predicted octanol–water partition coefficient (Wildman–Crippen LogP) is 0.271. The Balaban J connectivity index is 2.95. The summed E-state index contributed by atoms with van der Waals surface area (Å²) < 4.78 is 24.3. The number of nitrogens with one attached hydrogen (secondary N) is 1. The van der Waals surface area contributed by atoms with Gasteiger partial charge < -0.3 is 4.90 Å². The van der Waals surface area contributed by atoms with E-state index in [4.69, 9.17) is 5.84 Å². The van der Waals surface area contributed by atoms with Crippen LogP contribution in [0.4, 0.5) is 0 Å². The van der Waals surface area contributed by atoms with Crippen LogP contribution in [0.2, 0.25) is 0 Å². The Morgan fingerprint density at radius 3 is 2.79 bits per heavy atom. The smallest absolute Gasteiger partial charge is 0.209 e. The van der Waals surface area contributed by atoms with E-state index < -0.39 is 15.2 Å². The summed E-state index contributed by atoms with van der Waals surface area (Å²) in [6, 6.07) is 0. The summed E-state index contributed by atoms with van der Waals surface area (Å²) in [5.41, 5.74) is 2.56. The number of hydrogen-bond acceptors (Lipinski definition) is 5. The highest BCUT2D eigenvalue weighted by Crippen LogP contribution is 2.21. The third-order valence-electron chi connectivity index (χ3n) is 2.91. The number of nitrogens with two attached hydrogens (primary N) is 1. The van der Waals surface area contributed by atoms with Crippen molar-refractivity contribution in [3.8, 4) is 0 Å². The van der Waals surface area contributed by atoms with Gasteiger partial charge in [-0.2, -0.15) is 11.8 Å². The van der Waals surface area contributed by atoms with Gasteiger partial charge in [0, 0.05) is 30.3 Å². The van der Waals surface area contributed by atoms with Gasteiger partial charge in [-0.25, -0.2) is 14.3 Å². The van der Waals surface area contributed by atoms with E-state index in [2.05, 4.69) is 24.3 Å². The Morgan fingerprint density at radius 2 is 2.26 bits per heavy atom. The number of hydrogen-bond donors (Lipinski definition) is 2. The molecule has 1 unspecified atom stereocenters. The van der Waals surface area contributed by atoms with Gasteiger partial charge in [-0.3, -0.25) is 10.4 Å². The van der Waals surface area contributed by atoms with Crippen LogP contribution in [0.1, 0.15) is 20.8 Å². The van der Waals surface area contributed by atoms with Crippen molar-refractivity contribution in [1.29, 1.82) is 0 Å². The highest BCUT2D eigenvalue weighted by Gasteiger charge is 2.34. The fourth-order valence-corrected chi connectivity index (χ4v) is 4.77. The lowest BCUT2D eigenvalue weighted by molar-refractivity contribution is 0.393. The lowest BCUT2D eigenvalue weighted by Gasteiger charge is -2.36. The van der Waals surface area contributed by atoms with Crippen molar-refractivity contribution in [1.82, 2.24) is 10.3 Å². The molecule has 1 saturated heterocycles. The number of nitrogens with zero attached hydrogens (tertiary/aromatic N) is 2. The molecular formula is C11H24N4O2S2. The van der Waals surface area contributed by atoms with Crippen molar-refractivity contribution in [2.75, 3.05) is 30.3 Å². The monoisotopic (exact) mass is 308 g/mol. The molecule has 6 nitrogen and oxygen atoms in total. The molecule has 1 aliphatic rings. The summed E-state index contributed by atoms with van der Waals surface area (Å²) in [5, 5.41) is -0.529. The van der Waals surface area contributed by atoms with Crippen molar-refractivity contribution >= 4 is 27.6 Å². The van der Waals surface area contributed by atoms with E-state index >= 15 is 0 Å². The van der Waals surface area contributed by atoms with Crippen molar-refractivity contribution in [2.24, 2.45) is 16.8 Å². The van der Waals surface area contributed by atoms with E-state index in [1.807, 2.05) is 0 Å². The molecule has 0 spiro atoms. The van der Waals surface area contributed by atoms with Gasteiger partial charge >= 0.3 is 0 Å². The average Bonchev–Trinajstić information content (AvgIpc) is 2.39. The Morgan fingerprint density at radius 1 is 1.58 bits per heavy atom. The largest absolute Gasteiger partial charge is 0.323 e. The molecule has 1 rings (SSSR count). The SMILES string of the molecule is CCS(=O)(=O)C1CSCCN1C(=NCC(C)C)NN. The molecule has 19 heavy (non-hydrogen) atoms. The first-order valence-corrected chi connectivity index (χ1v) is 9.36. The Labute approximate surface area is 120 Å². The number of aliphatic imine (C=N–C) groups is 1. The van der Waals surface area contributed by atoms with Gasteiger partial charge in [0.05, 0.1) is 0 Å². The van der Waals surface area contributed by atoms with Gasteiger partial charge in [0.2, 0.25) is 5.96 Å². The maximum absolute atomic E-state index is 12.1. The molecule has 0 aromatic carbocycles. The van der Waals surface area contributed by atoms with Crippen molar-refractivity contribution in [3.05, 3.63) is 0 Å². The third kappa shape index (κ3) is 4.54. The molecule has 8 heteroatoms. The quantitative estimate of drug-likeness (QED) is 0.335. The fourth-order valence-electron chi connectivity index (χ4n) is 1.80. The highest BCUT2D eigenvalue weighted by atomic mass is 32.2. The maximum atomic E-state index is 12.1. The number of thioether (sulfide) groups is 1. The molecule has 112 valence electrons. The van der Waals surface area contributed by atoms with E-state index in [0.717, 1.165) is 5.75 Å². The normalized spacial score (nSPS) is 21.8. The van der Waals surface area contributed by atoms with Gasteiger partial charge in [-0.15, -0.1) is 0 Å². The van der Waals surface area contributed by atoms with Crippen LogP contribution in [0.15, 0.2) is 4.99 Å². The van der Waals surface area contributed by atoms with Crippen LogP contribution in [0, 0.1) is 5.92 Å². The molecule has 0 radical (unpaired) electrons. The minimum atomic E-state index is -3.14. The van der Waals surface area contributed by atoms with Crippen molar-refractivity contribution < 1.29 is 8.42 Å². The third-order valence-corrected chi connectivity index (χ3v) is 6.20. The fraction of sp³-hybridized carbons (Fsp3) is 0.909. The molecule has 0 saturated carbocycles. The van der Waals surface area contributed by atoms with Crippen molar-refractivity contribution in [3.63, 3.8) is 0 Å². The van der Waals surface area contributed by atoms with Gasteiger partial charge in [0.25, 0.3) is 0 Å². The molecular weight excluding hydrogens is 284 g/mol. The number of hydrazine groups is 1. The summed E-state index contributed by atoms with van der Waals surface area (Å²) in [6.45, 7) is 7.07. The zero-order chi connectivity index (χ0) is 14.5. The van der Waals surface area contributed by atoms with Crippen LogP contribution in [0.3, 0.4) is 0 Å². The molecule has 1 atom stereocenters.